The molecule has 0 aliphatic carbocycles. The molecule has 3 rings (SSSR count). The van der Waals surface area contributed by atoms with E-state index in [1.807, 2.05) is 0 Å². The third-order valence-electron chi connectivity index (χ3n) is 3.78. The lowest BCUT2D eigenvalue weighted by molar-refractivity contribution is -0.113. The van der Waals surface area contributed by atoms with E-state index in [0.29, 0.717) is 16.4 Å². The summed E-state index contributed by atoms with van der Waals surface area (Å²) in [5, 5.41) is 13.8. The summed E-state index contributed by atoms with van der Waals surface area (Å²) in [4.78, 5) is 24.4. The van der Waals surface area contributed by atoms with E-state index in [4.69, 9.17) is 0 Å². The first kappa shape index (κ1) is 19.6. The van der Waals surface area contributed by atoms with E-state index in [-0.39, 0.29) is 29.9 Å². The fourth-order valence-corrected chi connectivity index (χ4v) is 3.04. The van der Waals surface area contributed by atoms with Crippen LogP contribution in [-0.2, 0) is 18.4 Å². The molecule has 0 aliphatic heterocycles. The minimum Gasteiger partial charge on any atom is -0.348 e. The molecule has 9 heteroatoms. The number of hydrogen-bond donors (Lipinski definition) is 2. The fourth-order valence-electron chi connectivity index (χ4n) is 2.36. The van der Waals surface area contributed by atoms with Crippen molar-refractivity contribution in [1.82, 2.24) is 20.1 Å². The molecule has 3 aromatic rings. The Morgan fingerprint density at radius 1 is 1.18 bits per heavy atom. The third-order valence-corrected chi connectivity index (χ3v) is 4.81. The Hall–Kier alpha value is -3.20. The molecule has 1 aromatic heterocycles. The lowest BCUT2D eigenvalue weighted by atomic mass is 10.1. The summed E-state index contributed by atoms with van der Waals surface area (Å²) in [6.45, 7) is 0.282. The van der Waals surface area contributed by atoms with Crippen LogP contribution in [0, 0.1) is 5.82 Å². The summed E-state index contributed by atoms with van der Waals surface area (Å²) in [5.41, 5.74) is 1.74. The number of nitrogens with one attached hydrogen (secondary N) is 2. The highest BCUT2D eigenvalue weighted by molar-refractivity contribution is 7.99. The molecule has 0 fully saturated rings. The maximum atomic E-state index is 12.9. The van der Waals surface area contributed by atoms with E-state index in [1.165, 1.54) is 23.9 Å². The molecule has 2 aromatic carbocycles. The van der Waals surface area contributed by atoms with Gasteiger partial charge in [-0.05, 0) is 35.9 Å². The largest absolute Gasteiger partial charge is 0.348 e. The SMILES string of the molecule is Cn1cnnc1SCC(=O)Nc1cccc(C(=O)NCc2ccc(F)cc2)c1. The normalized spacial score (nSPS) is 10.5. The lowest BCUT2D eigenvalue weighted by Gasteiger charge is -2.08. The van der Waals surface area contributed by atoms with Gasteiger partial charge in [0.1, 0.15) is 12.1 Å². The maximum Gasteiger partial charge on any atom is 0.251 e. The van der Waals surface area contributed by atoms with Crippen LogP contribution in [0.2, 0.25) is 0 Å². The summed E-state index contributed by atoms with van der Waals surface area (Å²) in [6, 6.07) is 12.6. The van der Waals surface area contributed by atoms with Gasteiger partial charge in [-0.2, -0.15) is 0 Å². The molecule has 0 spiro atoms. The average Bonchev–Trinajstić information content (AvgIpc) is 3.11. The molecule has 0 aliphatic rings. The number of aryl methyl sites for hydroxylation is 1. The number of rotatable bonds is 7. The molecule has 144 valence electrons. The van der Waals surface area contributed by atoms with Crippen LogP contribution in [0.1, 0.15) is 15.9 Å². The Morgan fingerprint density at radius 2 is 1.96 bits per heavy atom. The molecule has 0 saturated heterocycles. The van der Waals surface area contributed by atoms with Crippen molar-refractivity contribution in [3.63, 3.8) is 0 Å². The van der Waals surface area contributed by atoms with Gasteiger partial charge in [-0.3, -0.25) is 9.59 Å². The van der Waals surface area contributed by atoms with Gasteiger partial charge in [0.15, 0.2) is 5.16 Å². The van der Waals surface area contributed by atoms with Gasteiger partial charge in [0, 0.05) is 24.8 Å². The van der Waals surface area contributed by atoms with Gasteiger partial charge in [0.25, 0.3) is 5.91 Å². The molecule has 0 bridgehead atoms. The monoisotopic (exact) mass is 399 g/mol. The molecule has 2 amide bonds. The first-order valence-electron chi connectivity index (χ1n) is 8.40. The topological polar surface area (TPSA) is 88.9 Å². The van der Waals surface area contributed by atoms with Crippen molar-refractivity contribution in [3.8, 4) is 0 Å². The number of carbonyl (C=O) groups is 2. The zero-order valence-electron chi connectivity index (χ0n) is 15.1. The second kappa shape index (κ2) is 9.14. The standard InChI is InChI=1S/C19H18FN5O2S/c1-25-12-22-24-19(25)28-11-17(26)23-16-4-2-3-14(9-16)18(27)21-10-13-5-7-15(20)8-6-13/h2-9,12H,10-11H2,1H3,(H,21,27)(H,23,26). The van der Waals surface area contributed by atoms with Crippen molar-refractivity contribution in [2.45, 2.75) is 11.7 Å². The van der Waals surface area contributed by atoms with Crippen molar-refractivity contribution in [2.24, 2.45) is 7.05 Å². The van der Waals surface area contributed by atoms with Gasteiger partial charge >= 0.3 is 0 Å². The van der Waals surface area contributed by atoms with Crippen molar-refractivity contribution < 1.29 is 14.0 Å². The summed E-state index contributed by atoms with van der Waals surface area (Å²) < 4.78 is 14.6. The van der Waals surface area contributed by atoms with E-state index in [2.05, 4.69) is 20.8 Å². The number of amides is 2. The lowest BCUT2D eigenvalue weighted by Crippen LogP contribution is -2.23. The van der Waals surface area contributed by atoms with Gasteiger partial charge in [0.2, 0.25) is 5.91 Å². The number of anilines is 1. The van der Waals surface area contributed by atoms with Crippen molar-refractivity contribution in [3.05, 3.63) is 71.8 Å². The second-order valence-corrected chi connectivity index (χ2v) is 6.89. The van der Waals surface area contributed by atoms with Gasteiger partial charge in [-0.25, -0.2) is 4.39 Å². The molecule has 0 atom stereocenters. The third kappa shape index (κ3) is 5.40. The molecule has 0 radical (unpaired) electrons. The van der Waals surface area contributed by atoms with Crippen molar-refractivity contribution >= 4 is 29.3 Å². The first-order valence-corrected chi connectivity index (χ1v) is 9.39. The number of nitrogens with zero attached hydrogens (tertiary/aromatic N) is 3. The molecule has 0 unspecified atom stereocenters. The van der Waals surface area contributed by atoms with Crippen LogP contribution < -0.4 is 10.6 Å². The second-order valence-electron chi connectivity index (χ2n) is 5.95. The highest BCUT2D eigenvalue weighted by Crippen LogP contribution is 2.15. The van der Waals surface area contributed by atoms with Crippen LogP contribution in [0.5, 0.6) is 0 Å². The van der Waals surface area contributed by atoms with Gasteiger partial charge in [0.05, 0.1) is 5.75 Å². The summed E-state index contributed by atoms with van der Waals surface area (Å²) in [7, 11) is 1.80. The molecule has 2 N–H and O–H groups in total. The first-order chi connectivity index (χ1) is 13.5. The Morgan fingerprint density at radius 3 is 2.68 bits per heavy atom. The van der Waals surface area contributed by atoms with Crippen LogP contribution in [0.25, 0.3) is 0 Å². The predicted octanol–water partition coefficient (Wildman–Crippen LogP) is 2.62. The van der Waals surface area contributed by atoms with Crippen LogP contribution in [0.3, 0.4) is 0 Å². The molecular weight excluding hydrogens is 381 g/mol. The van der Waals surface area contributed by atoms with Crippen LogP contribution >= 0.6 is 11.8 Å². The Bertz CT molecular complexity index is 974. The number of thioether (sulfide) groups is 1. The minimum atomic E-state index is -0.323. The summed E-state index contributed by atoms with van der Waals surface area (Å²) in [5.74, 6) is -0.644. The minimum absolute atomic E-state index is 0.174. The summed E-state index contributed by atoms with van der Waals surface area (Å²) in [6.07, 6.45) is 1.56. The highest BCUT2D eigenvalue weighted by Gasteiger charge is 2.10. The van der Waals surface area contributed by atoms with Crippen molar-refractivity contribution in [2.75, 3.05) is 11.1 Å². The average molecular weight is 399 g/mol. The van der Waals surface area contributed by atoms with E-state index >= 15 is 0 Å². The Balaban J connectivity index is 1.53. The zero-order valence-corrected chi connectivity index (χ0v) is 15.9. The molecule has 1 heterocycles. The van der Waals surface area contributed by atoms with Gasteiger partial charge < -0.3 is 15.2 Å². The predicted molar refractivity (Wildman–Crippen MR) is 104 cm³/mol. The van der Waals surface area contributed by atoms with E-state index in [0.717, 1.165) is 5.56 Å². The van der Waals surface area contributed by atoms with Gasteiger partial charge in [-0.15, -0.1) is 10.2 Å². The van der Waals surface area contributed by atoms with E-state index < -0.39 is 0 Å². The Kier molecular flexibility index (Phi) is 6.38. The summed E-state index contributed by atoms with van der Waals surface area (Å²) >= 11 is 1.27. The van der Waals surface area contributed by atoms with Crippen LogP contribution in [0.15, 0.2) is 60.0 Å². The maximum absolute atomic E-state index is 12.9. The highest BCUT2D eigenvalue weighted by atomic mass is 32.2. The number of aromatic nitrogens is 3. The van der Waals surface area contributed by atoms with Gasteiger partial charge in [-0.1, -0.05) is 30.0 Å². The van der Waals surface area contributed by atoms with Crippen LogP contribution in [0.4, 0.5) is 10.1 Å². The van der Waals surface area contributed by atoms with E-state index in [9.17, 15) is 14.0 Å². The molecule has 7 nitrogen and oxygen atoms in total. The molecule has 28 heavy (non-hydrogen) atoms. The van der Waals surface area contributed by atoms with Crippen LogP contribution in [-0.4, -0.2) is 32.3 Å². The number of halogens is 1. The number of benzene rings is 2. The molecule has 0 saturated carbocycles. The van der Waals surface area contributed by atoms with E-state index in [1.54, 1.807) is 54.3 Å². The molecular formula is C19H18FN5O2S. The number of hydrogen-bond acceptors (Lipinski definition) is 5. The quantitative estimate of drug-likeness (QED) is 0.596. The van der Waals surface area contributed by atoms with Crippen molar-refractivity contribution in [1.29, 1.82) is 0 Å². The smallest absolute Gasteiger partial charge is 0.251 e. The Labute approximate surface area is 165 Å². The number of carbonyl (C=O) groups excluding carboxylic acids is 2. The fraction of sp³-hybridized carbons (Fsp3) is 0.158. The zero-order chi connectivity index (χ0) is 19.9.